The van der Waals surface area contributed by atoms with E-state index in [2.05, 4.69) is 11.1 Å². The van der Waals surface area contributed by atoms with Crippen LogP contribution >= 0.6 is 0 Å². The van der Waals surface area contributed by atoms with Crippen LogP contribution in [0.1, 0.15) is 80.0 Å². The van der Waals surface area contributed by atoms with Crippen molar-refractivity contribution in [3.05, 3.63) is 137 Å². The maximum Gasteiger partial charge on any atom is 0.270 e. The first-order valence-electron chi connectivity index (χ1n) is 18.9. The van der Waals surface area contributed by atoms with Gasteiger partial charge >= 0.3 is 0 Å². The summed E-state index contributed by atoms with van der Waals surface area (Å²) in [5, 5.41) is -0.489. The molecule has 16 nitrogen and oxygen atoms in total. The van der Waals surface area contributed by atoms with Gasteiger partial charge in [-0.1, -0.05) is 24.3 Å². The fourth-order valence-electron chi connectivity index (χ4n) is 7.23. The van der Waals surface area contributed by atoms with Crippen LogP contribution in [0, 0.1) is 11.8 Å². The van der Waals surface area contributed by atoms with Gasteiger partial charge in [-0.25, -0.2) is 38.4 Å². The number of hydrogen-bond acceptors (Lipinski definition) is 14. The molecule has 0 saturated carbocycles. The number of Topliss-reactive ketones (excluding diaryl/α,β-unsaturated/α-hetero) is 2. The number of nitrogens with zero attached hydrogens (tertiary/aromatic N) is 2. The van der Waals surface area contributed by atoms with Gasteiger partial charge in [-0.15, -0.1) is 11.1 Å². The molecule has 16 heteroatoms. The van der Waals surface area contributed by atoms with Gasteiger partial charge in [-0.05, 0) is 87.1 Å². The smallest absolute Gasteiger partial charge is 0.270 e. The maximum absolute atomic E-state index is 14.3. The van der Waals surface area contributed by atoms with Crippen molar-refractivity contribution >= 4 is 70.9 Å². The van der Waals surface area contributed by atoms with Crippen molar-refractivity contribution in [3.8, 4) is 0 Å². The molecular weight excluding hydrogens is 801 g/mol. The molecular formula is C46H32N4O12. The van der Waals surface area contributed by atoms with Crippen LogP contribution in [0.4, 0.5) is 0 Å². The average molecular weight is 833 g/mol. The fourth-order valence-corrected chi connectivity index (χ4v) is 7.23. The molecule has 0 bridgehead atoms. The SMILES string of the molecule is O=C=c1cccc(C(=O)C2CCCN(C(=O)c3cccc(=C=O)c3=C=O)NNN(C(=O)c3cccc(=C=O)c3=C=O)CCCC(C(=O)c3cccc(=C=O)c3=C=O)CC2)c1=C=O. The summed E-state index contributed by atoms with van der Waals surface area (Å²) in [7, 11) is 0. The number of amides is 2. The van der Waals surface area contributed by atoms with Gasteiger partial charge in [-0.2, -0.15) is 0 Å². The van der Waals surface area contributed by atoms with Crippen molar-refractivity contribution in [3.63, 3.8) is 0 Å². The standard InChI is InChI=1S/C46H32N4O12/c51-21-31-7-1-13-35(39(31)25-55)43(59)29-11-5-19-49(45(61)37-15-3-9-33(23-53)41(37)27-57)47-48-50(46(62)38-16-4-10-34(24-54)42(38)28-58)20-6-12-30(18-17-29)44(60)36-14-2-8-32(22-52)40(36)26-56/h1-4,7-10,13-16,29-30,47-48H,5-6,11-12,17-20H2. The molecule has 4 aromatic rings. The molecule has 5 rings (SSSR count). The van der Waals surface area contributed by atoms with E-state index in [0.717, 1.165) is 10.0 Å². The highest BCUT2D eigenvalue weighted by molar-refractivity contribution is 6.00. The third-order valence-corrected chi connectivity index (χ3v) is 10.4. The monoisotopic (exact) mass is 832 g/mol. The van der Waals surface area contributed by atoms with Crippen LogP contribution in [-0.2, 0) is 38.4 Å². The lowest BCUT2D eigenvalue weighted by atomic mass is 9.82. The number of hydrazine groups is 3. The Labute approximate surface area is 349 Å². The Kier molecular flexibility index (Phi) is 15.3. The molecule has 1 aliphatic rings. The summed E-state index contributed by atoms with van der Waals surface area (Å²) < 4.78 is 0. The van der Waals surface area contributed by atoms with Gasteiger partial charge in [0.1, 0.15) is 47.5 Å². The predicted octanol–water partition coefficient (Wildman–Crippen LogP) is -5.43. The fraction of sp³-hybridized carbons (Fsp3) is 0.217. The van der Waals surface area contributed by atoms with Gasteiger partial charge in [-0.3, -0.25) is 29.2 Å². The van der Waals surface area contributed by atoms with Crippen LogP contribution in [0.15, 0.2) is 72.8 Å². The summed E-state index contributed by atoms with van der Waals surface area (Å²) in [5.41, 5.74) is 4.42. The van der Waals surface area contributed by atoms with Crippen LogP contribution in [0.25, 0.3) is 0 Å². The van der Waals surface area contributed by atoms with E-state index < -0.39 is 45.7 Å². The highest BCUT2D eigenvalue weighted by Crippen LogP contribution is 2.26. The van der Waals surface area contributed by atoms with Crippen LogP contribution in [0.2, 0.25) is 0 Å². The Morgan fingerprint density at radius 2 is 0.694 bits per heavy atom. The number of rotatable bonds is 6. The highest BCUT2D eigenvalue weighted by atomic mass is 16.2. The van der Waals surface area contributed by atoms with Crippen LogP contribution in [0.3, 0.4) is 0 Å². The van der Waals surface area contributed by atoms with E-state index in [4.69, 9.17) is 0 Å². The molecule has 0 spiro atoms. The molecule has 2 unspecified atom stereocenters. The van der Waals surface area contributed by atoms with Crippen molar-refractivity contribution in [2.45, 2.75) is 38.5 Å². The topological polar surface area (TPSA) is 235 Å². The van der Waals surface area contributed by atoms with Gasteiger partial charge in [0.15, 0.2) is 11.6 Å². The summed E-state index contributed by atoms with van der Waals surface area (Å²) in [5.74, 6) is 7.89. The van der Waals surface area contributed by atoms with E-state index in [1.807, 2.05) is 0 Å². The molecule has 0 aromatic heterocycles. The first-order chi connectivity index (χ1) is 30.1. The lowest BCUT2D eigenvalue weighted by molar-refractivity contribution is 0.0277. The number of carbonyl (C=O) groups is 4. The summed E-state index contributed by atoms with van der Waals surface area (Å²) in [6.07, 6.45) is -0.116. The minimum Gasteiger partial charge on any atom is -0.294 e. The molecule has 0 aliphatic carbocycles. The molecule has 2 amide bonds. The zero-order valence-electron chi connectivity index (χ0n) is 32.5. The maximum atomic E-state index is 14.3. The Hall–Kier alpha value is -8.28. The molecule has 1 aliphatic heterocycles. The van der Waals surface area contributed by atoms with E-state index >= 15 is 0 Å². The Morgan fingerprint density at radius 3 is 0.984 bits per heavy atom. The Morgan fingerprint density at radius 1 is 0.403 bits per heavy atom. The van der Waals surface area contributed by atoms with Crippen LogP contribution in [-0.4, -0.2) is 94.0 Å². The predicted molar refractivity (Wildman–Crippen MR) is 213 cm³/mol. The normalized spacial score (nSPS) is 15.6. The highest BCUT2D eigenvalue weighted by Gasteiger charge is 2.29. The number of ketones is 2. The van der Waals surface area contributed by atoms with Gasteiger partial charge < -0.3 is 0 Å². The molecule has 308 valence electrons. The second kappa shape index (κ2) is 21.1. The Bertz CT molecular complexity index is 2790. The lowest BCUT2D eigenvalue weighted by Gasteiger charge is -2.31. The zero-order valence-corrected chi connectivity index (χ0v) is 32.5. The van der Waals surface area contributed by atoms with Crippen LogP contribution < -0.4 is 52.8 Å². The van der Waals surface area contributed by atoms with Gasteiger partial charge in [0, 0.05) is 36.1 Å². The Balaban J connectivity index is 1.64. The quantitative estimate of drug-likeness (QED) is 0.173. The summed E-state index contributed by atoms with van der Waals surface area (Å²) in [6, 6.07) is 15.7. The van der Waals surface area contributed by atoms with E-state index in [1.54, 1.807) is 47.5 Å². The molecule has 1 heterocycles. The van der Waals surface area contributed by atoms with E-state index in [9.17, 15) is 57.5 Å². The van der Waals surface area contributed by atoms with Crippen molar-refractivity contribution in [2.75, 3.05) is 13.1 Å². The number of nitrogens with one attached hydrogen (secondary N) is 2. The summed E-state index contributed by atoms with van der Waals surface area (Å²) in [6.45, 7) is -0.531. The molecule has 2 N–H and O–H groups in total. The second-order valence-electron chi connectivity index (χ2n) is 13.9. The van der Waals surface area contributed by atoms with Crippen molar-refractivity contribution in [2.24, 2.45) is 11.8 Å². The van der Waals surface area contributed by atoms with E-state index in [0.29, 0.717) is 0 Å². The van der Waals surface area contributed by atoms with Gasteiger partial charge in [0.2, 0.25) is 0 Å². The first-order valence-corrected chi connectivity index (χ1v) is 18.9. The lowest BCUT2D eigenvalue weighted by Crippen LogP contribution is -2.59. The minimum atomic E-state index is -0.969. The molecule has 0 radical (unpaired) electrons. The number of carbonyl (C=O) groups excluding carboxylic acids is 12. The average Bonchev–Trinajstić information content (AvgIpc) is 3.31. The first kappa shape index (κ1) is 44.8. The molecule has 1 saturated heterocycles. The second-order valence-corrected chi connectivity index (χ2v) is 13.9. The molecule has 1 fully saturated rings. The molecule has 2 atom stereocenters. The van der Waals surface area contributed by atoms with Crippen molar-refractivity contribution in [1.82, 2.24) is 21.1 Å². The molecule has 62 heavy (non-hydrogen) atoms. The van der Waals surface area contributed by atoms with Crippen molar-refractivity contribution in [1.29, 1.82) is 0 Å². The third-order valence-electron chi connectivity index (χ3n) is 10.4. The van der Waals surface area contributed by atoms with Crippen molar-refractivity contribution < 1.29 is 57.5 Å². The summed E-state index contributed by atoms with van der Waals surface area (Å²) in [4.78, 5) is 151. The molecule has 4 aromatic carbocycles. The minimum absolute atomic E-state index is 0.00835. The van der Waals surface area contributed by atoms with E-state index in [-0.39, 0.29) is 105 Å². The number of hydrogen-bond donors (Lipinski definition) is 2. The summed E-state index contributed by atoms with van der Waals surface area (Å²) >= 11 is 0. The van der Waals surface area contributed by atoms with Crippen LogP contribution in [0.5, 0.6) is 0 Å². The van der Waals surface area contributed by atoms with Gasteiger partial charge in [0.25, 0.3) is 11.8 Å². The van der Waals surface area contributed by atoms with Gasteiger partial charge in [0.05, 0.1) is 52.9 Å². The van der Waals surface area contributed by atoms with E-state index in [1.165, 1.54) is 72.8 Å². The number of benzene rings is 4. The third kappa shape index (κ3) is 9.60. The zero-order chi connectivity index (χ0) is 44.8. The largest absolute Gasteiger partial charge is 0.294 e.